The van der Waals surface area contributed by atoms with E-state index in [0.717, 1.165) is 44.8 Å². The summed E-state index contributed by atoms with van der Waals surface area (Å²) in [5, 5.41) is 0.678. The molecule has 1 fully saturated rings. The fourth-order valence-corrected chi connectivity index (χ4v) is 3.44. The van der Waals surface area contributed by atoms with Crippen LogP contribution >= 0.6 is 11.6 Å². The van der Waals surface area contributed by atoms with Crippen molar-refractivity contribution < 1.29 is 0 Å². The van der Waals surface area contributed by atoms with Crippen LogP contribution in [-0.4, -0.2) is 48.7 Å². The van der Waals surface area contributed by atoms with E-state index < -0.39 is 0 Å². The summed E-state index contributed by atoms with van der Waals surface area (Å²) < 4.78 is 1.85. The van der Waals surface area contributed by atoms with Gasteiger partial charge >= 0.3 is 0 Å². The molecule has 6 heteroatoms. The van der Waals surface area contributed by atoms with Crippen LogP contribution in [0, 0.1) is 0 Å². The summed E-state index contributed by atoms with van der Waals surface area (Å²) in [5.41, 5.74) is 9.23. The molecule has 0 saturated carbocycles. The quantitative estimate of drug-likeness (QED) is 0.848. The summed E-state index contributed by atoms with van der Waals surface area (Å²) in [7, 11) is 0. The van der Waals surface area contributed by atoms with Gasteiger partial charge in [-0.25, -0.2) is 0 Å². The first-order chi connectivity index (χ1) is 12.7. The van der Waals surface area contributed by atoms with Crippen LogP contribution in [0.4, 0.5) is 5.69 Å². The summed E-state index contributed by atoms with van der Waals surface area (Å²) >= 11 is 6.01. The Morgan fingerprint density at radius 2 is 1.88 bits per heavy atom. The molecular formula is C20H26ClN5. The molecule has 1 aromatic heterocycles. The summed E-state index contributed by atoms with van der Waals surface area (Å²) in [4.78, 5) is 9.57. The van der Waals surface area contributed by atoms with Gasteiger partial charge in [0.2, 0.25) is 0 Å². The van der Waals surface area contributed by atoms with Crippen molar-refractivity contribution in [2.45, 2.75) is 6.54 Å². The zero-order valence-electron chi connectivity index (χ0n) is 15.0. The predicted octanol–water partition coefficient (Wildman–Crippen LogP) is 2.42. The molecule has 0 spiro atoms. The molecule has 1 saturated heterocycles. The predicted molar refractivity (Wildman–Crippen MR) is 109 cm³/mol. The van der Waals surface area contributed by atoms with Gasteiger partial charge in [0.15, 0.2) is 0 Å². The minimum atomic E-state index is 0.583. The van der Waals surface area contributed by atoms with E-state index in [1.165, 1.54) is 11.3 Å². The molecule has 138 valence electrons. The van der Waals surface area contributed by atoms with Crippen molar-refractivity contribution in [1.29, 1.82) is 0 Å². The largest absolute Gasteiger partial charge is 0.369 e. The molecular weight excluding hydrogens is 346 g/mol. The first-order valence-corrected chi connectivity index (χ1v) is 9.35. The lowest BCUT2D eigenvalue weighted by atomic mass is 10.1. The van der Waals surface area contributed by atoms with Gasteiger partial charge in [-0.05, 0) is 23.8 Å². The maximum atomic E-state index is 6.01. The second-order valence-electron chi connectivity index (χ2n) is 6.34. The van der Waals surface area contributed by atoms with Gasteiger partial charge in [0, 0.05) is 57.4 Å². The zero-order valence-corrected chi connectivity index (χ0v) is 15.8. The number of aromatic nitrogens is 1. The normalized spacial score (nSPS) is 16.1. The highest BCUT2D eigenvalue weighted by atomic mass is 35.5. The second-order valence-corrected chi connectivity index (χ2v) is 6.78. The van der Waals surface area contributed by atoms with E-state index in [4.69, 9.17) is 17.3 Å². The van der Waals surface area contributed by atoms with Crippen LogP contribution in [0.5, 0.6) is 0 Å². The molecule has 0 bridgehead atoms. The highest BCUT2D eigenvalue weighted by molar-refractivity contribution is 6.30. The number of halogens is 1. The van der Waals surface area contributed by atoms with Crippen LogP contribution in [-0.2, 0) is 6.54 Å². The van der Waals surface area contributed by atoms with E-state index in [1.54, 1.807) is 6.20 Å². The van der Waals surface area contributed by atoms with E-state index in [2.05, 4.69) is 45.6 Å². The van der Waals surface area contributed by atoms with Crippen molar-refractivity contribution in [3.63, 3.8) is 0 Å². The molecule has 2 aromatic rings. The topological polar surface area (TPSA) is 49.8 Å². The van der Waals surface area contributed by atoms with Crippen LogP contribution in [0.15, 0.2) is 54.2 Å². The van der Waals surface area contributed by atoms with E-state index in [1.807, 2.05) is 22.9 Å². The third-order valence-corrected chi connectivity index (χ3v) is 4.95. The van der Waals surface area contributed by atoms with Crippen molar-refractivity contribution in [1.82, 2.24) is 9.47 Å². The molecule has 0 aliphatic carbocycles. The molecule has 0 amide bonds. The van der Waals surface area contributed by atoms with Crippen LogP contribution in [0.3, 0.4) is 0 Å². The lowest BCUT2D eigenvalue weighted by Gasteiger charge is -2.36. The van der Waals surface area contributed by atoms with Gasteiger partial charge in [-0.3, -0.25) is 9.89 Å². The molecule has 5 nitrogen and oxygen atoms in total. The number of nitrogens with two attached hydrogens (primary N) is 1. The van der Waals surface area contributed by atoms with Crippen LogP contribution in [0.25, 0.3) is 6.20 Å². The summed E-state index contributed by atoms with van der Waals surface area (Å²) in [6.07, 6.45) is 3.54. The first-order valence-electron chi connectivity index (χ1n) is 8.97. The third kappa shape index (κ3) is 4.55. The minimum absolute atomic E-state index is 0.583. The van der Waals surface area contributed by atoms with E-state index >= 15 is 0 Å². The fourth-order valence-electron chi connectivity index (χ4n) is 3.27. The zero-order chi connectivity index (χ0) is 18.4. The molecule has 1 aromatic carbocycles. The van der Waals surface area contributed by atoms with Gasteiger partial charge in [-0.15, -0.1) is 0 Å². The number of anilines is 1. The van der Waals surface area contributed by atoms with Crippen molar-refractivity contribution >= 4 is 23.5 Å². The first kappa shape index (κ1) is 18.7. The van der Waals surface area contributed by atoms with Crippen molar-refractivity contribution in [2.75, 3.05) is 44.2 Å². The summed E-state index contributed by atoms with van der Waals surface area (Å²) in [6, 6.07) is 12.2. The van der Waals surface area contributed by atoms with E-state index in [0.29, 0.717) is 11.6 Å². The monoisotopic (exact) mass is 371 g/mol. The maximum Gasteiger partial charge on any atom is 0.131 e. The molecule has 3 rings (SSSR count). The minimum Gasteiger partial charge on any atom is -0.369 e. The number of pyridine rings is 1. The Bertz CT molecular complexity index is 806. The van der Waals surface area contributed by atoms with Crippen LogP contribution in [0.1, 0.15) is 5.56 Å². The highest BCUT2D eigenvalue weighted by Gasteiger charge is 2.18. The summed E-state index contributed by atoms with van der Waals surface area (Å²) in [5.74, 6) is 0. The number of piperazine rings is 1. The Kier molecular flexibility index (Phi) is 6.50. The van der Waals surface area contributed by atoms with Gasteiger partial charge in [-0.1, -0.05) is 36.4 Å². The highest BCUT2D eigenvalue weighted by Crippen LogP contribution is 2.21. The van der Waals surface area contributed by atoms with Gasteiger partial charge in [0.1, 0.15) is 5.49 Å². The van der Waals surface area contributed by atoms with E-state index in [-0.39, 0.29) is 0 Å². The lowest BCUT2D eigenvalue weighted by molar-refractivity contribution is 0.264. The third-order valence-electron chi connectivity index (χ3n) is 4.73. The van der Waals surface area contributed by atoms with E-state index in [9.17, 15) is 0 Å². The molecule has 26 heavy (non-hydrogen) atoms. The van der Waals surface area contributed by atoms with Crippen molar-refractivity contribution in [2.24, 2.45) is 10.7 Å². The van der Waals surface area contributed by atoms with Crippen LogP contribution < -0.4 is 16.1 Å². The number of rotatable bonds is 6. The smallest absolute Gasteiger partial charge is 0.131 e. The molecule has 0 unspecified atom stereocenters. The molecule has 0 radical (unpaired) electrons. The fraction of sp³-hybridized carbons (Fsp3) is 0.350. The Hall–Kier alpha value is -2.08. The average Bonchev–Trinajstić information content (AvgIpc) is 2.69. The number of para-hydroxylation sites is 1. The number of benzene rings is 1. The van der Waals surface area contributed by atoms with Crippen molar-refractivity contribution in [3.05, 3.63) is 65.2 Å². The van der Waals surface area contributed by atoms with Gasteiger partial charge in [0.25, 0.3) is 0 Å². The van der Waals surface area contributed by atoms with Gasteiger partial charge in [0.05, 0.1) is 11.6 Å². The molecule has 0 atom stereocenters. The van der Waals surface area contributed by atoms with Crippen LogP contribution in [0.2, 0.25) is 5.02 Å². The number of hydrogen-bond donors (Lipinski definition) is 1. The summed E-state index contributed by atoms with van der Waals surface area (Å²) in [6.45, 7) is 10.2. The molecule has 1 aliphatic rings. The number of hydrogen-bond acceptors (Lipinski definition) is 4. The van der Waals surface area contributed by atoms with Crippen molar-refractivity contribution in [3.8, 4) is 0 Å². The lowest BCUT2D eigenvalue weighted by Crippen LogP contribution is -2.47. The molecule has 2 heterocycles. The van der Waals surface area contributed by atoms with Gasteiger partial charge in [-0.2, -0.15) is 0 Å². The molecule has 2 N–H and O–H groups in total. The Morgan fingerprint density at radius 1 is 1.12 bits per heavy atom. The Balaban J connectivity index is 1.55. The maximum absolute atomic E-state index is 6.01. The molecule has 1 aliphatic heterocycles. The SMILES string of the molecule is C=Cn1cc(Cl)ccc1=NCCN1CCN(c2ccccc2CN)CC1. The standard InChI is InChI=1S/C20H26ClN5/c1-2-25-16-18(21)7-8-20(25)23-9-10-24-11-13-26(14-12-24)19-6-4-3-5-17(19)15-22/h2-8,16H,1,9-15,22H2. The number of nitrogens with zero attached hydrogens (tertiary/aromatic N) is 4. The Labute approximate surface area is 160 Å². The average molecular weight is 372 g/mol. The Morgan fingerprint density at radius 3 is 2.62 bits per heavy atom. The van der Waals surface area contributed by atoms with Gasteiger partial charge < -0.3 is 15.2 Å². The second kappa shape index (κ2) is 9.03.